The molecular formula is C14H22FNO. The van der Waals surface area contributed by atoms with Gasteiger partial charge in [0, 0.05) is 24.1 Å². The summed E-state index contributed by atoms with van der Waals surface area (Å²) < 4.78 is 13.5. The number of halogens is 1. The lowest BCUT2D eigenvalue weighted by atomic mass is 9.87. The zero-order chi connectivity index (χ0) is 13.1. The first-order valence-electron chi connectivity index (χ1n) is 5.93. The molecule has 1 rings (SSSR count). The Morgan fingerprint density at radius 1 is 1.35 bits per heavy atom. The molecule has 3 heteroatoms. The van der Waals surface area contributed by atoms with Crippen LogP contribution in [0.25, 0.3) is 0 Å². The number of hydrogen-bond acceptors (Lipinski definition) is 2. The molecule has 0 heterocycles. The highest BCUT2D eigenvalue weighted by atomic mass is 19.1. The van der Waals surface area contributed by atoms with Gasteiger partial charge >= 0.3 is 0 Å². The van der Waals surface area contributed by atoms with Crippen LogP contribution < -0.4 is 0 Å². The molecule has 0 aliphatic rings. The molecule has 2 nitrogen and oxygen atoms in total. The largest absolute Gasteiger partial charge is 0.393 e. The molecule has 0 saturated carbocycles. The normalized spacial score (nSPS) is 14.1. The van der Waals surface area contributed by atoms with Crippen molar-refractivity contribution in [1.29, 1.82) is 0 Å². The van der Waals surface area contributed by atoms with Gasteiger partial charge in [-0.05, 0) is 20.0 Å². The van der Waals surface area contributed by atoms with Crippen molar-refractivity contribution in [3.8, 4) is 0 Å². The summed E-state index contributed by atoms with van der Waals surface area (Å²) in [6, 6.07) is 6.80. The Hall–Kier alpha value is -0.930. The minimum absolute atomic E-state index is 0.172. The second-order valence-corrected chi connectivity index (χ2v) is 5.43. The summed E-state index contributed by atoms with van der Waals surface area (Å²) in [6.45, 7) is 7.09. The van der Waals surface area contributed by atoms with Crippen LogP contribution in [-0.2, 0) is 6.54 Å². The van der Waals surface area contributed by atoms with E-state index in [9.17, 15) is 9.50 Å². The topological polar surface area (TPSA) is 23.5 Å². The molecule has 0 amide bonds. The summed E-state index contributed by atoms with van der Waals surface area (Å²) in [5, 5.41) is 9.65. The van der Waals surface area contributed by atoms with Gasteiger partial charge in [-0.3, -0.25) is 0 Å². The van der Waals surface area contributed by atoms with E-state index >= 15 is 0 Å². The van der Waals surface area contributed by atoms with E-state index < -0.39 is 0 Å². The SMILES string of the molecule is CC(O)C(C)(C)CN(C)Cc1ccccc1F. The highest BCUT2D eigenvalue weighted by Gasteiger charge is 2.25. The van der Waals surface area contributed by atoms with Crippen molar-refractivity contribution in [2.75, 3.05) is 13.6 Å². The van der Waals surface area contributed by atoms with E-state index in [2.05, 4.69) is 0 Å². The fourth-order valence-electron chi connectivity index (χ4n) is 1.80. The Kier molecular flexibility index (Phi) is 4.66. The lowest BCUT2D eigenvalue weighted by molar-refractivity contribution is 0.0390. The van der Waals surface area contributed by atoms with Gasteiger partial charge in [0.25, 0.3) is 0 Å². The lowest BCUT2D eigenvalue weighted by Gasteiger charge is -2.32. The maximum absolute atomic E-state index is 13.5. The van der Waals surface area contributed by atoms with Gasteiger partial charge < -0.3 is 10.0 Å². The molecule has 0 saturated heterocycles. The Morgan fingerprint density at radius 2 is 1.94 bits per heavy atom. The fraction of sp³-hybridized carbons (Fsp3) is 0.571. The van der Waals surface area contributed by atoms with Crippen LogP contribution in [0.4, 0.5) is 4.39 Å². The van der Waals surface area contributed by atoms with Gasteiger partial charge in [-0.2, -0.15) is 0 Å². The van der Waals surface area contributed by atoms with Crippen LogP contribution in [-0.4, -0.2) is 29.7 Å². The number of benzene rings is 1. The van der Waals surface area contributed by atoms with Crippen molar-refractivity contribution in [1.82, 2.24) is 4.90 Å². The summed E-state index contributed by atoms with van der Waals surface area (Å²) in [5.74, 6) is -0.172. The maximum Gasteiger partial charge on any atom is 0.127 e. The van der Waals surface area contributed by atoms with E-state index in [1.807, 2.05) is 31.9 Å². The maximum atomic E-state index is 13.5. The first-order chi connectivity index (χ1) is 7.83. The van der Waals surface area contributed by atoms with Crippen molar-refractivity contribution in [2.45, 2.75) is 33.4 Å². The third-order valence-corrected chi connectivity index (χ3v) is 3.21. The first-order valence-corrected chi connectivity index (χ1v) is 5.93. The molecular weight excluding hydrogens is 217 g/mol. The van der Waals surface area contributed by atoms with E-state index in [1.54, 1.807) is 19.1 Å². The van der Waals surface area contributed by atoms with Crippen molar-refractivity contribution >= 4 is 0 Å². The zero-order valence-corrected chi connectivity index (χ0v) is 11.1. The Labute approximate surface area is 103 Å². The summed E-state index contributed by atoms with van der Waals surface area (Å²) in [7, 11) is 1.94. The van der Waals surface area contributed by atoms with Gasteiger partial charge in [-0.15, -0.1) is 0 Å². The summed E-state index contributed by atoms with van der Waals surface area (Å²) in [5.41, 5.74) is 0.497. The fourth-order valence-corrected chi connectivity index (χ4v) is 1.80. The quantitative estimate of drug-likeness (QED) is 0.854. The molecule has 1 aromatic carbocycles. The Balaban J connectivity index is 2.62. The molecule has 17 heavy (non-hydrogen) atoms. The number of aliphatic hydroxyl groups is 1. The molecule has 0 aliphatic carbocycles. The number of hydrogen-bond donors (Lipinski definition) is 1. The van der Waals surface area contributed by atoms with Crippen LogP contribution in [0.15, 0.2) is 24.3 Å². The van der Waals surface area contributed by atoms with Gasteiger partial charge in [0.1, 0.15) is 5.82 Å². The van der Waals surface area contributed by atoms with Gasteiger partial charge in [-0.1, -0.05) is 32.0 Å². The van der Waals surface area contributed by atoms with Gasteiger partial charge in [-0.25, -0.2) is 4.39 Å². The van der Waals surface area contributed by atoms with E-state index in [1.165, 1.54) is 6.07 Å². The first kappa shape index (κ1) is 14.1. The molecule has 0 aromatic heterocycles. The Morgan fingerprint density at radius 3 is 2.47 bits per heavy atom. The van der Waals surface area contributed by atoms with Crippen LogP contribution in [0, 0.1) is 11.2 Å². The molecule has 1 N–H and O–H groups in total. The van der Waals surface area contributed by atoms with Gasteiger partial charge in [0.2, 0.25) is 0 Å². The minimum atomic E-state index is -0.384. The number of nitrogens with zero attached hydrogens (tertiary/aromatic N) is 1. The zero-order valence-electron chi connectivity index (χ0n) is 11.1. The van der Waals surface area contributed by atoms with E-state index in [0.717, 1.165) is 6.54 Å². The summed E-state index contributed by atoms with van der Waals surface area (Å²) in [4.78, 5) is 2.03. The molecule has 0 aliphatic heterocycles. The average molecular weight is 239 g/mol. The summed E-state index contributed by atoms with van der Waals surface area (Å²) in [6.07, 6.45) is -0.384. The van der Waals surface area contributed by atoms with E-state index in [0.29, 0.717) is 12.1 Å². The van der Waals surface area contributed by atoms with Gasteiger partial charge in [0.05, 0.1) is 6.10 Å². The van der Waals surface area contributed by atoms with Crippen molar-refractivity contribution in [3.63, 3.8) is 0 Å². The molecule has 1 aromatic rings. The lowest BCUT2D eigenvalue weighted by Crippen LogP contribution is -2.38. The third-order valence-electron chi connectivity index (χ3n) is 3.21. The van der Waals surface area contributed by atoms with Crippen LogP contribution in [0.2, 0.25) is 0 Å². The molecule has 0 bridgehead atoms. The van der Waals surface area contributed by atoms with E-state index in [-0.39, 0.29) is 17.3 Å². The second-order valence-electron chi connectivity index (χ2n) is 5.43. The van der Waals surface area contributed by atoms with E-state index in [4.69, 9.17) is 0 Å². The minimum Gasteiger partial charge on any atom is -0.393 e. The van der Waals surface area contributed by atoms with Crippen LogP contribution in [0.5, 0.6) is 0 Å². The van der Waals surface area contributed by atoms with Crippen LogP contribution in [0.1, 0.15) is 26.3 Å². The third kappa shape index (κ3) is 4.10. The molecule has 0 fully saturated rings. The van der Waals surface area contributed by atoms with Gasteiger partial charge in [0.15, 0.2) is 0 Å². The number of rotatable bonds is 5. The monoisotopic (exact) mass is 239 g/mol. The highest BCUT2D eigenvalue weighted by molar-refractivity contribution is 5.17. The standard InChI is InChI=1S/C14H22FNO/c1-11(17)14(2,3)10-16(4)9-12-7-5-6-8-13(12)15/h5-8,11,17H,9-10H2,1-4H3. The molecule has 0 radical (unpaired) electrons. The van der Waals surface area contributed by atoms with Crippen LogP contribution >= 0.6 is 0 Å². The summed E-state index contributed by atoms with van der Waals surface area (Å²) >= 11 is 0. The van der Waals surface area contributed by atoms with Crippen molar-refractivity contribution in [2.24, 2.45) is 5.41 Å². The van der Waals surface area contributed by atoms with Crippen molar-refractivity contribution in [3.05, 3.63) is 35.6 Å². The highest BCUT2D eigenvalue weighted by Crippen LogP contribution is 2.22. The van der Waals surface area contributed by atoms with Crippen molar-refractivity contribution < 1.29 is 9.50 Å². The average Bonchev–Trinajstić information content (AvgIpc) is 2.20. The Bertz CT molecular complexity index is 363. The smallest absolute Gasteiger partial charge is 0.127 e. The molecule has 0 spiro atoms. The molecule has 96 valence electrons. The molecule has 1 unspecified atom stereocenters. The van der Waals surface area contributed by atoms with Crippen LogP contribution in [0.3, 0.4) is 0 Å². The molecule has 1 atom stereocenters. The second kappa shape index (κ2) is 5.61. The number of aliphatic hydroxyl groups excluding tert-OH is 1. The predicted octanol–water partition coefficient (Wildman–Crippen LogP) is 2.66. The predicted molar refractivity (Wildman–Crippen MR) is 68.2 cm³/mol.